The summed E-state index contributed by atoms with van der Waals surface area (Å²) < 4.78 is 2.10. The van der Waals surface area contributed by atoms with Gasteiger partial charge >= 0.3 is 0 Å². The minimum atomic E-state index is 0. The average molecular weight is 381 g/mol. The van der Waals surface area contributed by atoms with E-state index in [1.165, 1.54) is 18.4 Å². The van der Waals surface area contributed by atoms with Gasteiger partial charge in [-0.2, -0.15) is 0 Å². The largest absolute Gasteiger partial charge is 0.364 e. The Labute approximate surface area is 159 Å². The van der Waals surface area contributed by atoms with E-state index in [0.29, 0.717) is 12.5 Å². The molecule has 1 N–H and O–H groups in total. The number of imidazole rings is 1. The molecule has 0 atom stereocenters. The first-order valence-corrected chi connectivity index (χ1v) is 8.20. The lowest BCUT2D eigenvalue weighted by Crippen LogP contribution is -2.10. The molecule has 8 heteroatoms. The van der Waals surface area contributed by atoms with Gasteiger partial charge in [-0.05, 0) is 37.0 Å². The van der Waals surface area contributed by atoms with E-state index in [1.807, 2.05) is 18.5 Å². The number of halogens is 2. The van der Waals surface area contributed by atoms with Crippen molar-refractivity contribution in [3.8, 4) is 11.5 Å². The maximum Gasteiger partial charge on any atom is 0.165 e. The van der Waals surface area contributed by atoms with Crippen LogP contribution in [0.4, 0.5) is 5.82 Å². The quantitative estimate of drug-likeness (QED) is 0.701. The zero-order valence-electron chi connectivity index (χ0n) is 14.1. The Morgan fingerprint density at radius 1 is 1.16 bits per heavy atom. The van der Waals surface area contributed by atoms with Gasteiger partial charge in [-0.25, -0.2) is 15.0 Å². The second-order valence-corrected chi connectivity index (χ2v) is 6.02. The van der Waals surface area contributed by atoms with Gasteiger partial charge in [0.15, 0.2) is 17.3 Å². The third kappa shape index (κ3) is 4.19. The zero-order valence-corrected chi connectivity index (χ0v) is 15.7. The van der Waals surface area contributed by atoms with Crippen LogP contribution in [0.5, 0.6) is 0 Å². The number of anilines is 1. The first kappa shape index (κ1) is 19.4. The minimum absolute atomic E-state index is 0. The molecule has 1 aliphatic carbocycles. The van der Waals surface area contributed by atoms with Gasteiger partial charge in [-0.15, -0.1) is 24.8 Å². The van der Waals surface area contributed by atoms with E-state index in [0.717, 1.165) is 36.1 Å². The molecular formula is C17H22Cl2N6. The molecule has 0 bridgehead atoms. The molecule has 3 aliphatic rings. The van der Waals surface area contributed by atoms with Gasteiger partial charge in [0.2, 0.25) is 0 Å². The van der Waals surface area contributed by atoms with E-state index >= 15 is 0 Å². The van der Waals surface area contributed by atoms with Crippen LogP contribution in [0.1, 0.15) is 43.5 Å². The molecule has 134 valence electrons. The van der Waals surface area contributed by atoms with E-state index < -0.39 is 0 Å². The summed E-state index contributed by atoms with van der Waals surface area (Å²) in [5.74, 6) is 3.28. The summed E-state index contributed by atoms with van der Waals surface area (Å²) in [6.45, 7) is 3.78. The number of nitrogens with zero attached hydrogens (tertiary/aromatic N) is 5. The van der Waals surface area contributed by atoms with Crippen molar-refractivity contribution >= 4 is 30.6 Å². The summed E-state index contributed by atoms with van der Waals surface area (Å²) in [5, 5.41) is 3.39. The van der Waals surface area contributed by atoms with E-state index in [-0.39, 0.29) is 24.8 Å². The number of hydrogen-bond acceptors (Lipinski definition) is 5. The van der Waals surface area contributed by atoms with Gasteiger partial charge in [0.05, 0.1) is 6.33 Å². The van der Waals surface area contributed by atoms with Gasteiger partial charge < -0.3 is 9.88 Å². The number of pyridine rings is 1. The lowest BCUT2D eigenvalue weighted by molar-refractivity contribution is 0.659. The number of hydrogen-bond donors (Lipinski definition) is 1. The van der Waals surface area contributed by atoms with Crippen LogP contribution in [0, 0.1) is 0 Å². The second kappa shape index (κ2) is 8.45. The van der Waals surface area contributed by atoms with Gasteiger partial charge in [-0.1, -0.05) is 6.92 Å². The van der Waals surface area contributed by atoms with Crippen molar-refractivity contribution in [3.63, 3.8) is 0 Å². The zero-order chi connectivity index (χ0) is 15.6. The summed E-state index contributed by atoms with van der Waals surface area (Å²) >= 11 is 0. The molecule has 0 radical (unpaired) electrons. The van der Waals surface area contributed by atoms with Crippen LogP contribution in [0.25, 0.3) is 11.5 Å². The SMILES string of the molecule is CCCn1cnc(NCc2ccncc2)c2nc(C3CC3)nc1-2.Cl.Cl. The molecule has 0 saturated heterocycles. The van der Waals surface area contributed by atoms with Crippen LogP contribution in [-0.2, 0) is 13.1 Å². The standard InChI is InChI=1S/C17H20N6.2ClH/c1-2-9-23-11-20-16(19-10-12-5-7-18-8-6-12)14-17(23)22-15(21-14)13-3-4-13;;/h5-8,11,13,19H,2-4,9-10H2,1H3;2*1H. The van der Waals surface area contributed by atoms with Crippen molar-refractivity contribution in [1.29, 1.82) is 0 Å². The summed E-state index contributed by atoms with van der Waals surface area (Å²) in [4.78, 5) is 18.1. The van der Waals surface area contributed by atoms with Gasteiger partial charge in [0.25, 0.3) is 0 Å². The predicted octanol–water partition coefficient (Wildman–Crippen LogP) is 3.92. The Bertz CT molecular complexity index is 772. The third-order valence-electron chi connectivity index (χ3n) is 4.10. The van der Waals surface area contributed by atoms with Crippen molar-refractivity contribution < 1.29 is 0 Å². The van der Waals surface area contributed by atoms with E-state index in [2.05, 4.69) is 26.8 Å². The van der Waals surface area contributed by atoms with E-state index in [1.54, 1.807) is 12.4 Å². The van der Waals surface area contributed by atoms with Crippen LogP contribution >= 0.6 is 24.8 Å². The fourth-order valence-corrected chi connectivity index (χ4v) is 2.70. The molecule has 4 rings (SSSR count). The van der Waals surface area contributed by atoms with Crippen molar-refractivity contribution in [2.45, 2.75) is 45.2 Å². The van der Waals surface area contributed by atoms with Crippen molar-refractivity contribution in [3.05, 3.63) is 42.2 Å². The highest BCUT2D eigenvalue weighted by molar-refractivity contribution is 5.85. The number of nitrogens with one attached hydrogen (secondary N) is 1. The van der Waals surface area contributed by atoms with E-state index in [9.17, 15) is 0 Å². The van der Waals surface area contributed by atoms with Crippen molar-refractivity contribution in [2.24, 2.45) is 0 Å². The number of fused-ring (bicyclic) bond motifs is 1. The molecule has 0 unspecified atom stereocenters. The minimum Gasteiger partial charge on any atom is -0.364 e. The van der Waals surface area contributed by atoms with Crippen LogP contribution in [0.15, 0.2) is 30.9 Å². The molecule has 1 aromatic heterocycles. The van der Waals surface area contributed by atoms with Crippen LogP contribution in [0.3, 0.4) is 0 Å². The first-order chi connectivity index (χ1) is 11.3. The molecule has 1 aromatic rings. The molecular weight excluding hydrogens is 359 g/mol. The Kier molecular flexibility index (Phi) is 6.56. The summed E-state index contributed by atoms with van der Waals surface area (Å²) in [7, 11) is 0. The van der Waals surface area contributed by atoms with Crippen molar-refractivity contribution in [1.82, 2.24) is 24.5 Å². The van der Waals surface area contributed by atoms with Crippen LogP contribution < -0.4 is 5.32 Å². The fraction of sp³-hybridized carbons (Fsp3) is 0.412. The molecule has 0 amide bonds. The smallest absolute Gasteiger partial charge is 0.165 e. The molecule has 2 aliphatic heterocycles. The Morgan fingerprint density at radius 2 is 1.92 bits per heavy atom. The lowest BCUT2D eigenvalue weighted by atomic mass is 10.2. The summed E-state index contributed by atoms with van der Waals surface area (Å²) in [6.07, 6.45) is 8.93. The highest BCUT2D eigenvalue weighted by atomic mass is 35.5. The highest BCUT2D eigenvalue weighted by Crippen LogP contribution is 2.40. The fourth-order valence-electron chi connectivity index (χ4n) is 2.70. The Hall–Kier alpha value is -1.92. The van der Waals surface area contributed by atoms with Crippen LogP contribution in [-0.4, -0.2) is 24.5 Å². The topological polar surface area (TPSA) is 68.5 Å². The highest BCUT2D eigenvalue weighted by Gasteiger charge is 2.31. The van der Waals surface area contributed by atoms with E-state index in [4.69, 9.17) is 9.97 Å². The molecule has 3 heterocycles. The average Bonchev–Trinajstić information content (AvgIpc) is 3.34. The number of aromatic nitrogens is 5. The lowest BCUT2D eigenvalue weighted by Gasteiger charge is -2.13. The first-order valence-electron chi connectivity index (χ1n) is 8.20. The molecule has 0 aromatic carbocycles. The monoisotopic (exact) mass is 380 g/mol. The molecule has 0 spiro atoms. The maximum absolute atomic E-state index is 4.77. The second-order valence-electron chi connectivity index (χ2n) is 6.02. The maximum atomic E-state index is 4.77. The Balaban J connectivity index is 0.00000113. The van der Waals surface area contributed by atoms with Gasteiger partial charge in [0.1, 0.15) is 5.82 Å². The molecule has 25 heavy (non-hydrogen) atoms. The molecule has 6 nitrogen and oxygen atoms in total. The summed E-state index contributed by atoms with van der Waals surface area (Å²) in [6, 6.07) is 3.99. The van der Waals surface area contributed by atoms with Gasteiger partial charge in [-0.3, -0.25) is 4.98 Å². The van der Waals surface area contributed by atoms with Crippen molar-refractivity contribution in [2.75, 3.05) is 5.32 Å². The predicted molar refractivity (Wildman–Crippen MR) is 103 cm³/mol. The number of rotatable bonds is 6. The summed E-state index contributed by atoms with van der Waals surface area (Å²) in [5.41, 5.74) is 2.05. The molecule has 1 saturated carbocycles. The van der Waals surface area contributed by atoms with Gasteiger partial charge in [0, 0.05) is 31.4 Å². The normalized spacial score (nSPS) is 13.2. The van der Waals surface area contributed by atoms with Crippen LogP contribution in [0.2, 0.25) is 0 Å². The third-order valence-corrected chi connectivity index (χ3v) is 4.10. The Morgan fingerprint density at radius 3 is 2.60 bits per heavy atom. The molecule has 1 fully saturated rings. The number of aryl methyl sites for hydroxylation is 1.